The van der Waals surface area contributed by atoms with E-state index in [-0.39, 0.29) is 11.7 Å². The van der Waals surface area contributed by atoms with Gasteiger partial charge < -0.3 is 14.8 Å². The summed E-state index contributed by atoms with van der Waals surface area (Å²) in [5.74, 6) is 1.04. The average molecular weight is 353 g/mol. The van der Waals surface area contributed by atoms with Gasteiger partial charge in [-0.3, -0.25) is 9.59 Å². The molecule has 5 nitrogen and oxygen atoms in total. The number of ether oxygens (including phenoxy) is 2. The van der Waals surface area contributed by atoms with Gasteiger partial charge in [0.15, 0.2) is 17.3 Å². The van der Waals surface area contributed by atoms with Crippen molar-refractivity contribution in [3.05, 3.63) is 71.3 Å². The van der Waals surface area contributed by atoms with Crippen molar-refractivity contribution in [1.82, 2.24) is 5.32 Å². The number of hydrogen-bond acceptors (Lipinski definition) is 4. The maximum absolute atomic E-state index is 12.3. The molecule has 26 heavy (non-hydrogen) atoms. The molecule has 0 radical (unpaired) electrons. The number of amides is 1. The molecule has 0 aliphatic heterocycles. The van der Waals surface area contributed by atoms with Gasteiger partial charge in [0.25, 0.3) is 5.91 Å². The molecule has 2 aromatic rings. The lowest BCUT2D eigenvalue weighted by Crippen LogP contribution is -2.23. The minimum absolute atomic E-state index is 0.0305. The quantitative estimate of drug-likeness (QED) is 0.582. The first-order valence-electron chi connectivity index (χ1n) is 8.24. The molecule has 0 bridgehead atoms. The summed E-state index contributed by atoms with van der Waals surface area (Å²) in [5, 5.41) is 2.88. The second kappa shape index (κ2) is 8.85. The molecule has 0 aliphatic carbocycles. The molecule has 0 saturated carbocycles. The molecule has 2 aromatic carbocycles. The Morgan fingerprint density at radius 2 is 1.73 bits per heavy atom. The number of benzene rings is 2. The van der Waals surface area contributed by atoms with Crippen LogP contribution >= 0.6 is 0 Å². The number of hydrogen-bond donors (Lipinski definition) is 1. The van der Waals surface area contributed by atoms with E-state index in [9.17, 15) is 9.59 Å². The number of rotatable bonds is 8. The van der Waals surface area contributed by atoms with E-state index in [1.54, 1.807) is 44.6 Å². The number of carbonyl (C=O) groups excluding carboxylic acids is 2. The molecule has 0 unspecified atom stereocenters. The largest absolute Gasteiger partial charge is 0.493 e. The highest BCUT2D eigenvalue weighted by atomic mass is 16.5. The third-order valence-corrected chi connectivity index (χ3v) is 3.99. The van der Waals surface area contributed by atoms with Gasteiger partial charge in [0.05, 0.1) is 14.2 Å². The molecule has 1 N–H and O–H groups in total. The lowest BCUT2D eigenvalue weighted by Gasteiger charge is -2.15. The monoisotopic (exact) mass is 353 g/mol. The Hall–Kier alpha value is -3.08. The van der Waals surface area contributed by atoms with Crippen LogP contribution in [0.25, 0.3) is 0 Å². The Bertz CT molecular complexity index is 810. The lowest BCUT2D eigenvalue weighted by molar-refractivity contribution is 0.0948. The number of methoxy groups -OCH3 is 2. The van der Waals surface area contributed by atoms with E-state index >= 15 is 0 Å². The van der Waals surface area contributed by atoms with Gasteiger partial charge >= 0.3 is 0 Å². The van der Waals surface area contributed by atoms with E-state index < -0.39 is 0 Å². The fraction of sp³-hybridized carbons (Fsp3) is 0.238. The van der Waals surface area contributed by atoms with Gasteiger partial charge in [-0.2, -0.15) is 0 Å². The fourth-order valence-corrected chi connectivity index (χ4v) is 2.66. The number of allylic oxidation sites excluding steroid dienone is 1. The predicted molar refractivity (Wildman–Crippen MR) is 101 cm³/mol. The maximum Gasteiger partial charge on any atom is 0.251 e. The number of ketones is 1. The molecule has 5 heteroatoms. The highest BCUT2D eigenvalue weighted by Crippen LogP contribution is 2.33. The van der Waals surface area contributed by atoms with Gasteiger partial charge in [-0.05, 0) is 43.2 Å². The van der Waals surface area contributed by atoms with Crippen LogP contribution in [0.5, 0.6) is 11.5 Å². The van der Waals surface area contributed by atoms with E-state index in [2.05, 4.69) is 11.9 Å². The Labute approximate surface area is 153 Å². The van der Waals surface area contributed by atoms with Crippen molar-refractivity contribution >= 4 is 11.7 Å². The average Bonchev–Trinajstić information content (AvgIpc) is 2.65. The molecule has 2 rings (SSSR count). The lowest BCUT2D eigenvalue weighted by atomic mass is 10.0. The molecule has 1 amide bonds. The summed E-state index contributed by atoms with van der Waals surface area (Å²) in [4.78, 5) is 23.6. The van der Waals surface area contributed by atoms with E-state index in [0.717, 1.165) is 11.1 Å². The molecular weight excluding hydrogens is 330 g/mol. The van der Waals surface area contributed by atoms with E-state index in [1.807, 2.05) is 12.1 Å². The molecule has 0 heterocycles. The van der Waals surface area contributed by atoms with E-state index in [0.29, 0.717) is 35.6 Å². The Kier molecular flexibility index (Phi) is 6.55. The van der Waals surface area contributed by atoms with Crippen LogP contribution < -0.4 is 14.8 Å². The summed E-state index contributed by atoms with van der Waals surface area (Å²) < 4.78 is 10.8. The van der Waals surface area contributed by atoms with E-state index in [4.69, 9.17) is 9.47 Å². The van der Waals surface area contributed by atoms with Crippen LogP contribution in [-0.4, -0.2) is 25.9 Å². The SMILES string of the molecule is C=CCc1cc(CNC(=O)c2ccc(C(C)=O)cc2)cc(OC)c1OC. The van der Waals surface area contributed by atoms with Crippen molar-refractivity contribution in [1.29, 1.82) is 0 Å². The zero-order valence-corrected chi connectivity index (χ0v) is 15.3. The highest BCUT2D eigenvalue weighted by molar-refractivity contribution is 5.97. The van der Waals surface area contributed by atoms with Crippen LogP contribution in [0.15, 0.2) is 49.1 Å². The van der Waals surface area contributed by atoms with Crippen LogP contribution in [0, 0.1) is 0 Å². The van der Waals surface area contributed by atoms with Gasteiger partial charge in [-0.25, -0.2) is 0 Å². The summed E-state index contributed by atoms with van der Waals surface area (Å²) >= 11 is 0. The van der Waals surface area contributed by atoms with Gasteiger partial charge in [-0.15, -0.1) is 6.58 Å². The van der Waals surface area contributed by atoms with Crippen molar-refractivity contribution in [2.45, 2.75) is 19.9 Å². The molecule has 0 saturated heterocycles. The zero-order valence-electron chi connectivity index (χ0n) is 15.3. The third kappa shape index (κ3) is 4.51. The molecule has 0 atom stereocenters. The van der Waals surface area contributed by atoms with Crippen molar-refractivity contribution in [2.75, 3.05) is 14.2 Å². The second-order valence-corrected chi connectivity index (χ2v) is 5.80. The van der Waals surface area contributed by atoms with Crippen LogP contribution in [0.2, 0.25) is 0 Å². The summed E-state index contributed by atoms with van der Waals surface area (Å²) in [6.07, 6.45) is 2.42. The minimum atomic E-state index is -0.208. The van der Waals surface area contributed by atoms with Gasteiger partial charge in [0.2, 0.25) is 0 Å². The first-order valence-corrected chi connectivity index (χ1v) is 8.24. The zero-order chi connectivity index (χ0) is 19.1. The number of nitrogens with one attached hydrogen (secondary N) is 1. The van der Waals surface area contributed by atoms with Crippen molar-refractivity contribution in [3.63, 3.8) is 0 Å². The van der Waals surface area contributed by atoms with Gasteiger partial charge in [0, 0.05) is 23.2 Å². The Morgan fingerprint density at radius 3 is 2.27 bits per heavy atom. The number of Topliss-reactive ketones (excluding diaryl/α,β-unsaturated/α-hetero) is 1. The summed E-state index contributed by atoms with van der Waals surface area (Å²) in [6.45, 7) is 5.60. The molecule has 136 valence electrons. The predicted octanol–water partition coefficient (Wildman–Crippen LogP) is 3.56. The standard InChI is InChI=1S/C21H23NO4/c1-5-6-18-11-15(12-19(25-3)20(18)26-4)13-22-21(24)17-9-7-16(8-10-17)14(2)23/h5,7-12H,1,6,13H2,2-4H3,(H,22,24). The normalized spacial score (nSPS) is 10.1. The first kappa shape index (κ1) is 19.2. The smallest absolute Gasteiger partial charge is 0.251 e. The number of carbonyl (C=O) groups is 2. The molecule has 0 aliphatic rings. The minimum Gasteiger partial charge on any atom is -0.493 e. The van der Waals surface area contributed by atoms with Crippen LogP contribution in [0.1, 0.15) is 38.8 Å². The van der Waals surface area contributed by atoms with Crippen molar-refractivity contribution in [2.24, 2.45) is 0 Å². The van der Waals surface area contributed by atoms with Crippen LogP contribution in [0.3, 0.4) is 0 Å². The Balaban J connectivity index is 2.15. The van der Waals surface area contributed by atoms with Crippen molar-refractivity contribution in [3.8, 4) is 11.5 Å². The Morgan fingerprint density at radius 1 is 1.08 bits per heavy atom. The van der Waals surface area contributed by atoms with Crippen LogP contribution in [0.4, 0.5) is 0 Å². The third-order valence-electron chi connectivity index (χ3n) is 3.99. The van der Waals surface area contributed by atoms with E-state index in [1.165, 1.54) is 6.92 Å². The van der Waals surface area contributed by atoms with Crippen molar-refractivity contribution < 1.29 is 19.1 Å². The second-order valence-electron chi connectivity index (χ2n) is 5.80. The molecule has 0 fully saturated rings. The summed E-state index contributed by atoms with van der Waals surface area (Å²) in [5.41, 5.74) is 2.92. The van der Waals surface area contributed by atoms with Gasteiger partial charge in [-0.1, -0.05) is 18.2 Å². The fourth-order valence-electron chi connectivity index (χ4n) is 2.66. The maximum atomic E-state index is 12.3. The molecular formula is C21H23NO4. The summed E-state index contributed by atoms with van der Waals surface area (Å²) in [7, 11) is 3.17. The summed E-state index contributed by atoms with van der Waals surface area (Å²) in [6, 6.07) is 10.4. The first-order chi connectivity index (χ1) is 12.5. The van der Waals surface area contributed by atoms with Gasteiger partial charge in [0.1, 0.15) is 0 Å². The molecule has 0 spiro atoms. The van der Waals surface area contributed by atoms with Crippen LogP contribution in [-0.2, 0) is 13.0 Å². The molecule has 0 aromatic heterocycles. The highest BCUT2D eigenvalue weighted by Gasteiger charge is 2.13. The topological polar surface area (TPSA) is 64.6 Å².